The maximum atomic E-state index is 12.6. The molecule has 0 spiro atoms. The second kappa shape index (κ2) is 8.66. The van der Waals surface area contributed by atoms with Crippen molar-refractivity contribution in [2.45, 2.75) is 32.1 Å². The molecule has 0 bridgehead atoms. The van der Waals surface area contributed by atoms with Gasteiger partial charge in [0.2, 0.25) is 0 Å². The molecule has 132 valence electrons. The number of sulfone groups is 1. The standard InChI is InChI=1S/C16H26N2O3S.ClH/c1-5-10-22(20,21)14-9-7-6-8-13(14)15(19)18(4)12-16(2,3)11-17;/h6-9H,5,10-12,17H2,1-4H3;1H. The fourth-order valence-electron chi connectivity index (χ4n) is 2.28. The Balaban J connectivity index is 0.00000484. The van der Waals surface area contributed by atoms with Crippen LogP contribution in [0.5, 0.6) is 0 Å². The Hall–Kier alpha value is -1.11. The van der Waals surface area contributed by atoms with Crippen molar-refractivity contribution in [3.63, 3.8) is 0 Å². The summed E-state index contributed by atoms with van der Waals surface area (Å²) in [6.07, 6.45) is 0.515. The van der Waals surface area contributed by atoms with E-state index in [0.29, 0.717) is 19.5 Å². The summed E-state index contributed by atoms with van der Waals surface area (Å²) in [4.78, 5) is 14.3. The molecule has 0 aliphatic rings. The van der Waals surface area contributed by atoms with Gasteiger partial charge in [0.15, 0.2) is 9.84 Å². The number of carbonyl (C=O) groups is 1. The summed E-state index contributed by atoms with van der Waals surface area (Å²) in [5.41, 5.74) is 5.71. The van der Waals surface area contributed by atoms with Gasteiger partial charge in [0.1, 0.15) is 0 Å². The maximum absolute atomic E-state index is 12.6. The van der Waals surface area contributed by atoms with Gasteiger partial charge < -0.3 is 10.6 Å². The molecule has 0 aromatic heterocycles. The Bertz CT molecular complexity index is 630. The zero-order valence-corrected chi connectivity index (χ0v) is 15.8. The van der Waals surface area contributed by atoms with Crippen molar-refractivity contribution < 1.29 is 13.2 Å². The zero-order chi connectivity index (χ0) is 17.0. The van der Waals surface area contributed by atoms with Crippen LogP contribution in [0.4, 0.5) is 0 Å². The Morgan fingerprint density at radius 2 is 1.83 bits per heavy atom. The first-order chi connectivity index (χ1) is 10.1. The maximum Gasteiger partial charge on any atom is 0.254 e. The highest BCUT2D eigenvalue weighted by atomic mass is 35.5. The van der Waals surface area contributed by atoms with Crippen LogP contribution in [-0.4, -0.2) is 45.1 Å². The molecule has 0 heterocycles. The number of amides is 1. The number of halogens is 1. The molecule has 0 fully saturated rings. The lowest BCUT2D eigenvalue weighted by atomic mass is 9.93. The van der Waals surface area contributed by atoms with Crippen molar-refractivity contribution >= 4 is 28.2 Å². The van der Waals surface area contributed by atoms with Crippen molar-refractivity contribution in [1.29, 1.82) is 0 Å². The van der Waals surface area contributed by atoms with Crippen LogP contribution < -0.4 is 5.73 Å². The van der Waals surface area contributed by atoms with Crippen molar-refractivity contribution in [2.24, 2.45) is 11.1 Å². The highest BCUT2D eigenvalue weighted by Gasteiger charge is 2.26. The summed E-state index contributed by atoms with van der Waals surface area (Å²) in [6, 6.07) is 6.39. The van der Waals surface area contributed by atoms with E-state index in [1.165, 1.54) is 11.0 Å². The van der Waals surface area contributed by atoms with Gasteiger partial charge in [0.25, 0.3) is 5.91 Å². The van der Waals surface area contributed by atoms with E-state index in [1.54, 1.807) is 32.2 Å². The largest absolute Gasteiger partial charge is 0.341 e. The molecule has 0 atom stereocenters. The molecule has 1 rings (SSSR count). The lowest BCUT2D eigenvalue weighted by Crippen LogP contribution is -2.40. The van der Waals surface area contributed by atoms with Crippen molar-refractivity contribution in [2.75, 3.05) is 25.9 Å². The van der Waals surface area contributed by atoms with Gasteiger partial charge in [-0.25, -0.2) is 8.42 Å². The van der Waals surface area contributed by atoms with Gasteiger partial charge in [-0.3, -0.25) is 4.79 Å². The third kappa shape index (κ3) is 5.79. The fourth-order valence-corrected chi connectivity index (χ4v) is 3.81. The number of benzene rings is 1. The number of carbonyl (C=O) groups excluding carboxylic acids is 1. The van der Waals surface area contributed by atoms with E-state index in [-0.39, 0.29) is 39.9 Å². The Kier molecular flexibility index (Phi) is 8.24. The summed E-state index contributed by atoms with van der Waals surface area (Å²) in [5, 5.41) is 0. The molecule has 0 aliphatic heterocycles. The van der Waals surface area contributed by atoms with Crippen LogP contribution in [0.25, 0.3) is 0 Å². The number of nitrogens with two attached hydrogens (primary N) is 1. The predicted octanol–water partition coefficient (Wildman–Crippen LogP) is 2.35. The molecule has 0 saturated heterocycles. The molecule has 1 amide bonds. The Labute approximate surface area is 145 Å². The van der Waals surface area contributed by atoms with Crippen LogP contribution in [0.1, 0.15) is 37.6 Å². The number of hydrogen-bond acceptors (Lipinski definition) is 4. The van der Waals surface area contributed by atoms with E-state index in [2.05, 4.69) is 0 Å². The van der Waals surface area contributed by atoms with Crippen LogP contribution in [0.2, 0.25) is 0 Å². The zero-order valence-electron chi connectivity index (χ0n) is 14.2. The average molecular weight is 363 g/mol. The Morgan fingerprint density at radius 1 is 1.26 bits per heavy atom. The predicted molar refractivity (Wildman–Crippen MR) is 95.8 cm³/mol. The smallest absolute Gasteiger partial charge is 0.254 e. The minimum absolute atomic E-state index is 0. The van der Waals surface area contributed by atoms with Gasteiger partial charge in [0, 0.05) is 13.6 Å². The fraction of sp³-hybridized carbons (Fsp3) is 0.562. The highest BCUT2D eigenvalue weighted by molar-refractivity contribution is 7.91. The molecule has 0 saturated carbocycles. The van der Waals surface area contributed by atoms with Crippen molar-refractivity contribution in [3.05, 3.63) is 29.8 Å². The third-order valence-corrected chi connectivity index (χ3v) is 5.46. The second-order valence-electron chi connectivity index (χ2n) is 6.34. The minimum Gasteiger partial charge on any atom is -0.341 e. The summed E-state index contributed by atoms with van der Waals surface area (Å²) in [7, 11) is -1.77. The van der Waals surface area contributed by atoms with Crippen LogP contribution in [0, 0.1) is 5.41 Å². The van der Waals surface area contributed by atoms with Gasteiger partial charge >= 0.3 is 0 Å². The molecule has 2 N–H and O–H groups in total. The SMILES string of the molecule is CCCS(=O)(=O)c1ccccc1C(=O)N(C)CC(C)(C)CN.Cl. The molecule has 23 heavy (non-hydrogen) atoms. The van der Waals surface area contributed by atoms with E-state index in [9.17, 15) is 13.2 Å². The molecule has 1 aromatic rings. The van der Waals surface area contributed by atoms with E-state index < -0.39 is 9.84 Å². The Morgan fingerprint density at radius 3 is 2.35 bits per heavy atom. The second-order valence-corrected chi connectivity index (χ2v) is 8.42. The average Bonchev–Trinajstić information content (AvgIpc) is 2.46. The topological polar surface area (TPSA) is 80.5 Å². The summed E-state index contributed by atoms with van der Waals surface area (Å²) >= 11 is 0. The van der Waals surface area contributed by atoms with Gasteiger partial charge in [-0.15, -0.1) is 12.4 Å². The number of hydrogen-bond donors (Lipinski definition) is 1. The van der Waals surface area contributed by atoms with Crippen LogP contribution in [0.3, 0.4) is 0 Å². The first kappa shape index (κ1) is 21.9. The van der Waals surface area contributed by atoms with E-state index in [0.717, 1.165) is 0 Å². The highest BCUT2D eigenvalue weighted by Crippen LogP contribution is 2.21. The molecule has 0 unspecified atom stereocenters. The molecule has 7 heteroatoms. The van der Waals surface area contributed by atoms with Gasteiger partial charge in [0.05, 0.1) is 16.2 Å². The summed E-state index contributed by atoms with van der Waals surface area (Å²) in [6.45, 7) is 6.65. The minimum atomic E-state index is -3.44. The summed E-state index contributed by atoms with van der Waals surface area (Å²) < 4.78 is 24.7. The first-order valence-electron chi connectivity index (χ1n) is 7.42. The lowest BCUT2D eigenvalue weighted by molar-refractivity contribution is 0.0736. The van der Waals surface area contributed by atoms with E-state index >= 15 is 0 Å². The molecular weight excluding hydrogens is 336 g/mol. The molecule has 0 radical (unpaired) electrons. The normalized spacial score (nSPS) is 11.7. The van der Waals surface area contributed by atoms with Crippen molar-refractivity contribution in [1.82, 2.24) is 4.90 Å². The molecular formula is C16H27ClN2O3S. The van der Waals surface area contributed by atoms with E-state index in [4.69, 9.17) is 5.73 Å². The van der Waals surface area contributed by atoms with Gasteiger partial charge in [-0.2, -0.15) is 0 Å². The van der Waals surface area contributed by atoms with Crippen LogP contribution in [0.15, 0.2) is 29.2 Å². The number of nitrogens with zero attached hydrogens (tertiary/aromatic N) is 1. The first-order valence-corrected chi connectivity index (χ1v) is 9.07. The van der Waals surface area contributed by atoms with Crippen molar-refractivity contribution in [3.8, 4) is 0 Å². The van der Waals surface area contributed by atoms with Crippen LogP contribution >= 0.6 is 12.4 Å². The quantitative estimate of drug-likeness (QED) is 0.807. The summed E-state index contributed by atoms with van der Waals surface area (Å²) in [5.74, 6) is -0.258. The van der Waals surface area contributed by atoms with Gasteiger partial charge in [-0.05, 0) is 30.5 Å². The van der Waals surface area contributed by atoms with E-state index in [1.807, 2.05) is 13.8 Å². The monoisotopic (exact) mass is 362 g/mol. The number of rotatable bonds is 7. The molecule has 5 nitrogen and oxygen atoms in total. The van der Waals surface area contributed by atoms with Gasteiger partial charge in [-0.1, -0.05) is 32.9 Å². The van der Waals surface area contributed by atoms with Crippen LogP contribution in [-0.2, 0) is 9.84 Å². The third-order valence-electron chi connectivity index (χ3n) is 3.49. The lowest BCUT2D eigenvalue weighted by Gasteiger charge is -2.29. The molecule has 1 aromatic carbocycles. The molecule has 0 aliphatic carbocycles.